The van der Waals surface area contributed by atoms with Crippen LogP contribution in [0.5, 0.6) is 0 Å². The van der Waals surface area contributed by atoms with E-state index in [4.69, 9.17) is 18.8 Å². The van der Waals surface area contributed by atoms with Gasteiger partial charge in [0.05, 0.1) is 11.0 Å². The molecule has 5 nitrogen and oxygen atoms in total. The van der Waals surface area contributed by atoms with Crippen LogP contribution in [0.25, 0.3) is 126 Å². The van der Waals surface area contributed by atoms with E-state index in [9.17, 15) is 0 Å². The van der Waals surface area contributed by atoms with Gasteiger partial charge in [-0.25, -0.2) is 9.97 Å². The summed E-state index contributed by atoms with van der Waals surface area (Å²) in [6, 6.07) is 58.0. The summed E-state index contributed by atoms with van der Waals surface area (Å²) in [4.78, 5) is 10.9. The SMILES string of the molecule is c1ccc2cc3c(cc2c1)c1c2c4ccccc4c4ccccc4c2ccc1n3-c1nc2c(nc1-c1ccc3oc4ccccc4c3c1)oc1ccccc12. The molecule has 13 aromatic rings. The molecule has 4 aromatic heterocycles. The zero-order valence-corrected chi connectivity index (χ0v) is 29.2. The van der Waals surface area contributed by atoms with Crippen molar-refractivity contribution in [1.82, 2.24) is 14.5 Å². The van der Waals surface area contributed by atoms with Crippen LogP contribution >= 0.6 is 0 Å². The fourth-order valence-corrected chi connectivity index (χ4v) is 9.15. The Labute approximate surface area is 312 Å². The molecule has 0 N–H and O–H groups in total. The van der Waals surface area contributed by atoms with Crippen molar-refractivity contribution in [2.24, 2.45) is 0 Å². The average Bonchev–Trinajstić information content (AvgIpc) is 3.91. The summed E-state index contributed by atoms with van der Waals surface area (Å²) >= 11 is 0. The second-order valence-corrected chi connectivity index (χ2v) is 14.5. The van der Waals surface area contributed by atoms with E-state index in [1.54, 1.807) is 0 Å². The van der Waals surface area contributed by atoms with Crippen LogP contribution in [0.1, 0.15) is 0 Å². The van der Waals surface area contributed by atoms with Crippen LogP contribution in [0.3, 0.4) is 0 Å². The third-order valence-electron chi connectivity index (χ3n) is 11.6. The van der Waals surface area contributed by atoms with Crippen molar-refractivity contribution in [3.63, 3.8) is 0 Å². The van der Waals surface area contributed by atoms with Gasteiger partial charge in [0.25, 0.3) is 0 Å². The Hall–Kier alpha value is -7.50. The molecule has 0 radical (unpaired) electrons. The van der Waals surface area contributed by atoms with E-state index in [2.05, 4.69) is 132 Å². The highest BCUT2D eigenvalue weighted by Gasteiger charge is 2.25. The van der Waals surface area contributed by atoms with Gasteiger partial charge in [-0.3, -0.25) is 4.57 Å². The molecule has 0 fully saturated rings. The number of aromatic nitrogens is 3. The van der Waals surface area contributed by atoms with E-state index in [-0.39, 0.29) is 0 Å². The summed E-state index contributed by atoms with van der Waals surface area (Å²) in [7, 11) is 0. The first-order chi connectivity index (χ1) is 27.3. The van der Waals surface area contributed by atoms with Gasteiger partial charge in [0.2, 0.25) is 5.71 Å². The number of furan rings is 2. The number of hydrogen-bond acceptors (Lipinski definition) is 4. The first-order valence-electron chi connectivity index (χ1n) is 18.6. The monoisotopic (exact) mass is 701 g/mol. The van der Waals surface area contributed by atoms with Gasteiger partial charge in [-0.15, -0.1) is 0 Å². The minimum absolute atomic E-state index is 0.506. The maximum Gasteiger partial charge on any atom is 0.247 e. The number of benzene rings is 9. The Balaban J connectivity index is 1.24. The molecule has 0 saturated heterocycles. The fraction of sp³-hybridized carbons (Fsp3) is 0. The Morgan fingerprint density at radius 3 is 1.76 bits per heavy atom. The normalized spacial score (nSPS) is 12.4. The quantitative estimate of drug-likeness (QED) is 0.168. The highest BCUT2D eigenvalue weighted by molar-refractivity contribution is 6.36. The van der Waals surface area contributed by atoms with Gasteiger partial charge in [0.15, 0.2) is 5.82 Å². The number of nitrogens with zero attached hydrogens (tertiary/aromatic N) is 3. The molecule has 55 heavy (non-hydrogen) atoms. The van der Waals surface area contributed by atoms with Crippen molar-refractivity contribution < 1.29 is 8.83 Å². The topological polar surface area (TPSA) is 57.0 Å². The van der Waals surface area contributed by atoms with Crippen molar-refractivity contribution in [3.05, 3.63) is 164 Å². The molecule has 9 aromatic carbocycles. The number of para-hydroxylation sites is 2. The lowest BCUT2D eigenvalue weighted by Crippen LogP contribution is -2.03. The lowest BCUT2D eigenvalue weighted by atomic mass is 9.91. The minimum atomic E-state index is 0.506. The lowest BCUT2D eigenvalue weighted by Gasteiger charge is -2.14. The zero-order chi connectivity index (χ0) is 35.8. The van der Waals surface area contributed by atoms with Crippen LogP contribution in [0.2, 0.25) is 0 Å². The van der Waals surface area contributed by atoms with E-state index in [1.165, 1.54) is 48.5 Å². The van der Waals surface area contributed by atoms with Gasteiger partial charge in [0, 0.05) is 37.9 Å². The van der Waals surface area contributed by atoms with Crippen LogP contribution in [-0.2, 0) is 0 Å². The summed E-state index contributed by atoms with van der Waals surface area (Å²) in [6.45, 7) is 0. The van der Waals surface area contributed by atoms with Gasteiger partial charge in [-0.2, -0.15) is 0 Å². The van der Waals surface area contributed by atoms with Gasteiger partial charge in [-0.1, -0.05) is 109 Å². The molecule has 13 rings (SSSR count). The van der Waals surface area contributed by atoms with Gasteiger partial charge >= 0.3 is 0 Å². The third kappa shape index (κ3) is 3.91. The molecular formula is C50H27N3O2. The molecule has 0 aliphatic heterocycles. The summed E-state index contributed by atoms with van der Waals surface area (Å²) in [6.07, 6.45) is 0. The molecule has 0 spiro atoms. The van der Waals surface area contributed by atoms with E-state index in [1.807, 2.05) is 36.4 Å². The Morgan fingerprint density at radius 2 is 0.982 bits per heavy atom. The second kappa shape index (κ2) is 10.6. The fourth-order valence-electron chi connectivity index (χ4n) is 9.15. The molecule has 0 unspecified atom stereocenters. The van der Waals surface area contributed by atoms with Crippen LogP contribution < -0.4 is 0 Å². The minimum Gasteiger partial charge on any atom is -0.456 e. The van der Waals surface area contributed by atoms with Crippen molar-refractivity contribution in [3.8, 4) is 17.1 Å². The first kappa shape index (κ1) is 29.0. The average molecular weight is 702 g/mol. The van der Waals surface area contributed by atoms with Crippen molar-refractivity contribution in [1.29, 1.82) is 0 Å². The summed E-state index contributed by atoms with van der Waals surface area (Å²) < 4.78 is 15.0. The van der Waals surface area contributed by atoms with E-state index >= 15 is 0 Å². The summed E-state index contributed by atoms with van der Waals surface area (Å²) in [5.41, 5.74) is 7.48. The molecule has 5 heteroatoms. The molecule has 0 atom stereocenters. The highest BCUT2D eigenvalue weighted by Crippen LogP contribution is 2.45. The third-order valence-corrected chi connectivity index (χ3v) is 11.6. The molecule has 0 aliphatic rings. The van der Waals surface area contributed by atoms with Crippen molar-refractivity contribution in [2.45, 2.75) is 0 Å². The molecule has 0 saturated carbocycles. The van der Waals surface area contributed by atoms with Crippen LogP contribution in [0.4, 0.5) is 0 Å². The molecule has 254 valence electrons. The van der Waals surface area contributed by atoms with E-state index < -0.39 is 0 Å². The Morgan fingerprint density at radius 1 is 0.382 bits per heavy atom. The Kier molecular flexibility index (Phi) is 5.57. The molecular weight excluding hydrogens is 675 g/mol. The van der Waals surface area contributed by atoms with E-state index in [0.29, 0.717) is 5.71 Å². The Bertz CT molecular complexity index is 3760. The van der Waals surface area contributed by atoms with Crippen LogP contribution in [0, 0.1) is 0 Å². The second-order valence-electron chi connectivity index (χ2n) is 14.5. The van der Waals surface area contributed by atoms with Crippen LogP contribution in [0.15, 0.2) is 173 Å². The molecule has 4 heterocycles. The van der Waals surface area contributed by atoms with Gasteiger partial charge < -0.3 is 8.83 Å². The maximum atomic E-state index is 6.41. The largest absolute Gasteiger partial charge is 0.456 e. The van der Waals surface area contributed by atoms with Crippen molar-refractivity contribution in [2.75, 3.05) is 0 Å². The van der Waals surface area contributed by atoms with Crippen molar-refractivity contribution >= 4 is 109 Å². The number of hydrogen-bond donors (Lipinski definition) is 0. The predicted octanol–water partition coefficient (Wildman–Crippen LogP) is 13.7. The highest BCUT2D eigenvalue weighted by atomic mass is 16.3. The molecule has 0 aliphatic carbocycles. The summed E-state index contributed by atoms with van der Waals surface area (Å²) in [5.74, 6) is 0.742. The smallest absolute Gasteiger partial charge is 0.247 e. The zero-order valence-electron chi connectivity index (χ0n) is 29.2. The van der Waals surface area contributed by atoms with Gasteiger partial charge in [-0.05, 0) is 92.3 Å². The number of rotatable bonds is 2. The molecule has 0 bridgehead atoms. The number of fused-ring (bicyclic) bond motifs is 17. The predicted molar refractivity (Wildman–Crippen MR) is 226 cm³/mol. The summed E-state index contributed by atoms with van der Waals surface area (Å²) in [5, 5.41) is 15.2. The first-order valence-corrected chi connectivity index (χ1v) is 18.6. The maximum absolute atomic E-state index is 6.41. The van der Waals surface area contributed by atoms with Crippen LogP contribution in [-0.4, -0.2) is 14.5 Å². The standard InChI is InChI=1S/C50H27N3O2/c1-2-12-29-27-41-39(25-28(29)11-1)46-40(23-22-36-33-15-4-3-13-31(33)32-14-5-6-17-35(32)45(36)46)53(41)49-47(52-50-48(51-49)37-18-8-10-20-43(37)55-50)30-21-24-44-38(26-30)34-16-7-9-19-42(34)54-44/h1-27H. The van der Waals surface area contributed by atoms with E-state index in [0.717, 1.165) is 71.9 Å². The van der Waals surface area contributed by atoms with Gasteiger partial charge in [0.1, 0.15) is 28.0 Å². The molecule has 0 amide bonds. The lowest BCUT2D eigenvalue weighted by molar-refractivity contribution is 0.653.